The molecule has 5 heteroatoms. The maximum absolute atomic E-state index is 12.0. The molecule has 0 fully saturated rings. The summed E-state index contributed by atoms with van der Waals surface area (Å²) in [6, 6.07) is 5.93. The van der Waals surface area contributed by atoms with Crippen molar-refractivity contribution in [3.8, 4) is 0 Å². The smallest absolute Gasteiger partial charge is 0.226 e. The Morgan fingerprint density at radius 1 is 1.35 bits per heavy atom. The topological polar surface area (TPSA) is 46.9 Å². The number of rotatable bonds is 4. The number of benzene rings is 1. The molecule has 1 aromatic carbocycles. The molecule has 0 spiro atoms. The van der Waals surface area contributed by atoms with Crippen molar-refractivity contribution < 1.29 is 4.79 Å². The van der Waals surface area contributed by atoms with Crippen molar-refractivity contribution in [3.63, 3.8) is 0 Å². The van der Waals surface area contributed by atoms with Gasteiger partial charge in [-0.1, -0.05) is 12.1 Å². The predicted octanol–water partition coefficient (Wildman–Crippen LogP) is 3.44. The largest absolute Gasteiger partial charge is 0.326 e. The average Bonchev–Trinajstić information content (AvgIpc) is 2.73. The second kappa shape index (κ2) is 6.39. The number of amides is 1. The van der Waals surface area contributed by atoms with E-state index in [4.69, 9.17) is 0 Å². The molecule has 0 aliphatic rings. The fourth-order valence-electron chi connectivity index (χ4n) is 1.96. The van der Waals surface area contributed by atoms with Crippen LogP contribution in [0.3, 0.4) is 0 Å². The van der Waals surface area contributed by atoms with E-state index in [1.165, 1.54) is 5.56 Å². The number of carbonyl (C=O) groups is 1. The minimum atomic E-state index is 0.0172. The zero-order valence-electron chi connectivity index (χ0n) is 11.9. The van der Waals surface area contributed by atoms with Crippen LogP contribution in [0.2, 0.25) is 0 Å². The first-order valence-electron chi connectivity index (χ1n) is 6.53. The molecule has 1 aromatic heterocycles. The number of carbonyl (C=O) groups excluding carboxylic acids is 1. The third-order valence-electron chi connectivity index (χ3n) is 3.47. The second-order valence-corrected chi connectivity index (χ2v) is 6.01. The molecule has 106 valence electrons. The quantitative estimate of drug-likeness (QED) is 0.823. The van der Waals surface area contributed by atoms with Crippen LogP contribution in [0.4, 0.5) is 5.69 Å². The minimum Gasteiger partial charge on any atom is -0.326 e. The van der Waals surface area contributed by atoms with Gasteiger partial charge in [0.1, 0.15) is 0 Å². The van der Waals surface area contributed by atoms with Crippen molar-refractivity contribution in [3.05, 3.63) is 44.8 Å². The molecule has 0 saturated heterocycles. The number of anilines is 1. The molecule has 0 saturated carbocycles. The summed E-state index contributed by atoms with van der Waals surface area (Å²) in [5, 5.41) is 7.22. The third kappa shape index (κ3) is 3.39. The number of nitrogens with one attached hydrogen (secondary N) is 1. The number of aryl methyl sites for hydroxylation is 2. The summed E-state index contributed by atoms with van der Waals surface area (Å²) in [6.45, 7) is 6.67. The first-order valence-corrected chi connectivity index (χ1v) is 7.61. The van der Waals surface area contributed by atoms with Gasteiger partial charge in [0, 0.05) is 17.8 Å². The SMILES string of the molecule is Cc1cccc(NC(=O)CCn2ncc(I)c2C)c1C. The van der Waals surface area contributed by atoms with Crippen LogP contribution < -0.4 is 5.32 Å². The monoisotopic (exact) mass is 383 g/mol. The van der Waals surface area contributed by atoms with E-state index in [1.54, 1.807) is 0 Å². The summed E-state index contributed by atoms with van der Waals surface area (Å²) in [4.78, 5) is 12.0. The van der Waals surface area contributed by atoms with Crippen molar-refractivity contribution >= 4 is 34.2 Å². The zero-order chi connectivity index (χ0) is 14.7. The van der Waals surface area contributed by atoms with Gasteiger partial charge >= 0.3 is 0 Å². The molecule has 0 radical (unpaired) electrons. The van der Waals surface area contributed by atoms with Gasteiger partial charge in [0.15, 0.2) is 0 Å². The lowest BCUT2D eigenvalue weighted by Gasteiger charge is -2.10. The molecular weight excluding hydrogens is 365 g/mol. The van der Waals surface area contributed by atoms with E-state index in [0.29, 0.717) is 13.0 Å². The van der Waals surface area contributed by atoms with Gasteiger partial charge in [-0.2, -0.15) is 5.10 Å². The van der Waals surface area contributed by atoms with Crippen molar-refractivity contribution in [1.29, 1.82) is 0 Å². The fraction of sp³-hybridized carbons (Fsp3) is 0.333. The van der Waals surface area contributed by atoms with E-state index < -0.39 is 0 Å². The molecule has 0 aliphatic heterocycles. The third-order valence-corrected chi connectivity index (χ3v) is 4.53. The van der Waals surface area contributed by atoms with Crippen LogP contribution in [0.25, 0.3) is 0 Å². The van der Waals surface area contributed by atoms with Crippen LogP contribution in [0, 0.1) is 24.3 Å². The van der Waals surface area contributed by atoms with Crippen LogP contribution in [-0.2, 0) is 11.3 Å². The normalized spacial score (nSPS) is 10.6. The fourth-order valence-corrected chi connectivity index (χ4v) is 2.36. The van der Waals surface area contributed by atoms with Gasteiger partial charge in [-0.15, -0.1) is 0 Å². The van der Waals surface area contributed by atoms with E-state index in [9.17, 15) is 4.79 Å². The summed E-state index contributed by atoms with van der Waals surface area (Å²) < 4.78 is 2.99. The van der Waals surface area contributed by atoms with Gasteiger partial charge in [-0.05, 0) is 60.6 Å². The van der Waals surface area contributed by atoms with Crippen molar-refractivity contribution in [2.45, 2.75) is 33.7 Å². The number of halogens is 1. The summed E-state index contributed by atoms with van der Waals surface area (Å²) in [7, 11) is 0. The Hall–Kier alpha value is -1.37. The van der Waals surface area contributed by atoms with E-state index in [-0.39, 0.29) is 5.91 Å². The van der Waals surface area contributed by atoms with E-state index in [2.05, 4.69) is 33.0 Å². The first kappa shape index (κ1) is 15.0. The van der Waals surface area contributed by atoms with Gasteiger partial charge in [-0.25, -0.2) is 0 Å². The molecule has 0 aliphatic carbocycles. The Kier molecular flexibility index (Phi) is 4.80. The van der Waals surface area contributed by atoms with Gasteiger partial charge in [-0.3, -0.25) is 9.48 Å². The van der Waals surface area contributed by atoms with Crippen LogP contribution in [0.5, 0.6) is 0 Å². The first-order chi connectivity index (χ1) is 9.49. The summed E-state index contributed by atoms with van der Waals surface area (Å²) in [5.74, 6) is 0.0172. The van der Waals surface area contributed by atoms with Crippen molar-refractivity contribution in [2.24, 2.45) is 0 Å². The van der Waals surface area contributed by atoms with Gasteiger partial charge in [0.25, 0.3) is 0 Å². The number of hydrogen-bond acceptors (Lipinski definition) is 2. The Labute approximate surface area is 132 Å². The van der Waals surface area contributed by atoms with Gasteiger partial charge < -0.3 is 5.32 Å². The maximum Gasteiger partial charge on any atom is 0.226 e. The van der Waals surface area contributed by atoms with E-state index in [1.807, 2.05) is 49.8 Å². The molecule has 0 bridgehead atoms. The number of hydrogen-bond donors (Lipinski definition) is 1. The molecule has 20 heavy (non-hydrogen) atoms. The molecule has 1 amide bonds. The Morgan fingerprint density at radius 3 is 2.75 bits per heavy atom. The van der Waals surface area contributed by atoms with Crippen LogP contribution in [0.15, 0.2) is 24.4 Å². The highest BCUT2D eigenvalue weighted by molar-refractivity contribution is 14.1. The van der Waals surface area contributed by atoms with Crippen LogP contribution >= 0.6 is 22.6 Å². The second-order valence-electron chi connectivity index (χ2n) is 4.85. The molecule has 0 atom stereocenters. The molecular formula is C15H18IN3O. The highest BCUT2D eigenvalue weighted by Gasteiger charge is 2.08. The molecule has 0 unspecified atom stereocenters. The molecule has 2 aromatic rings. The number of aromatic nitrogens is 2. The van der Waals surface area contributed by atoms with Crippen molar-refractivity contribution in [1.82, 2.24) is 9.78 Å². The van der Waals surface area contributed by atoms with E-state index >= 15 is 0 Å². The standard InChI is InChI=1S/C15H18IN3O/c1-10-5-4-6-14(11(10)2)18-15(20)7-8-19-12(3)13(16)9-17-19/h4-6,9H,7-8H2,1-3H3,(H,18,20). The Balaban J connectivity index is 1.96. The lowest BCUT2D eigenvalue weighted by Crippen LogP contribution is -2.16. The highest BCUT2D eigenvalue weighted by Crippen LogP contribution is 2.18. The maximum atomic E-state index is 12.0. The van der Waals surface area contributed by atoms with Gasteiger partial charge in [0.2, 0.25) is 5.91 Å². The average molecular weight is 383 g/mol. The number of nitrogens with zero attached hydrogens (tertiary/aromatic N) is 2. The minimum absolute atomic E-state index is 0.0172. The summed E-state index contributed by atoms with van der Waals surface area (Å²) >= 11 is 2.24. The molecule has 1 heterocycles. The molecule has 2 rings (SSSR count). The van der Waals surface area contributed by atoms with Gasteiger partial charge in [0.05, 0.1) is 16.3 Å². The molecule has 4 nitrogen and oxygen atoms in total. The lowest BCUT2D eigenvalue weighted by atomic mass is 10.1. The highest BCUT2D eigenvalue weighted by atomic mass is 127. The lowest BCUT2D eigenvalue weighted by molar-refractivity contribution is -0.116. The Morgan fingerprint density at radius 2 is 2.10 bits per heavy atom. The van der Waals surface area contributed by atoms with E-state index in [0.717, 1.165) is 20.5 Å². The molecule has 1 N–H and O–H groups in total. The predicted molar refractivity (Wildman–Crippen MR) is 88.8 cm³/mol. The Bertz CT molecular complexity index is 634. The summed E-state index contributed by atoms with van der Waals surface area (Å²) in [5.41, 5.74) is 4.29. The van der Waals surface area contributed by atoms with Crippen LogP contribution in [0.1, 0.15) is 23.2 Å². The summed E-state index contributed by atoms with van der Waals surface area (Å²) in [6.07, 6.45) is 2.24. The van der Waals surface area contributed by atoms with Crippen LogP contribution in [-0.4, -0.2) is 15.7 Å². The van der Waals surface area contributed by atoms with Crippen molar-refractivity contribution in [2.75, 3.05) is 5.32 Å². The zero-order valence-corrected chi connectivity index (χ0v) is 14.1.